The van der Waals surface area contributed by atoms with Crippen molar-refractivity contribution in [3.8, 4) is 0 Å². The summed E-state index contributed by atoms with van der Waals surface area (Å²) >= 11 is 0. The van der Waals surface area contributed by atoms with Crippen molar-refractivity contribution in [1.82, 2.24) is 14.9 Å². The van der Waals surface area contributed by atoms with Crippen molar-refractivity contribution in [3.05, 3.63) is 36.2 Å². The largest absolute Gasteiger partial charge is 0.480 e. The lowest BCUT2D eigenvalue weighted by Crippen LogP contribution is -2.42. The van der Waals surface area contributed by atoms with Gasteiger partial charge in [-0.25, -0.2) is 18.7 Å². The van der Waals surface area contributed by atoms with E-state index in [9.17, 15) is 13.6 Å². The number of carboxylic acids is 1. The van der Waals surface area contributed by atoms with Gasteiger partial charge in [0.15, 0.2) is 5.65 Å². The number of aryl methyl sites for hydroxylation is 1. The van der Waals surface area contributed by atoms with E-state index in [2.05, 4.69) is 9.97 Å². The molecule has 0 saturated carbocycles. The van der Waals surface area contributed by atoms with Crippen molar-refractivity contribution in [2.75, 3.05) is 33.4 Å². The first kappa shape index (κ1) is 22.1. The fraction of sp³-hybridized carbons (Fsp3) is 0.526. The number of methoxy groups -OCH3 is 1. The van der Waals surface area contributed by atoms with Crippen LogP contribution in [0.25, 0.3) is 11.0 Å². The van der Waals surface area contributed by atoms with Crippen LogP contribution in [-0.4, -0.2) is 71.3 Å². The van der Waals surface area contributed by atoms with Crippen LogP contribution in [0.3, 0.4) is 0 Å². The number of alkyl halides is 2. The molecule has 2 heterocycles. The van der Waals surface area contributed by atoms with Crippen molar-refractivity contribution >= 4 is 17.0 Å². The molecule has 0 radical (unpaired) electrons. The summed E-state index contributed by atoms with van der Waals surface area (Å²) in [5.41, 5.74) is 6.57. The topological polar surface area (TPSA) is 102 Å². The summed E-state index contributed by atoms with van der Waals surface area (Å²) in [5.74, 6) is -4.10. The highest BCUT2D eigenvalue weighted by Crippen LogP contribution is 2.23. The molecule has 0 amide bonds. The monoisotopic (exact) mass is 396 g/mol. The quantitative estimate of drug-likeness (QED) is 0.565. The Bertz CT molecular complexity index is 776. The number of pyridine rings is 2. The number of carbonyl (C=O) groups is 1. The van der Waals surface area contributed by atoms with Crippen molar-refractivity contribution in [2.45, 2.75) is 31.2 Å². The van der Waals surface area contributed by atoms with Gasteiger partial charge in [0.25, 0.3) is 5.92 Å². The zero-order chi connectivity index (χ0) is 20.6. The zero-order valence-corrected chi connectivity index (χ0v) is 15.9. The number of carboxylic acid groups (broad SMARTS) is 1. The summed E-state index contributed by atoms with van der Waals surface area (Å²) in [6.45, 7) is 0.214. The first-order chi connectivity index (χ1) is 13.3. The summed E-state index contributed by atoms with van der Waals surface area (Å²) in [5, 5.41) is 9.72. The summed E-state index contributed by atoms with van der Waals surface area (Å²) in [6.07, 6.45) is 1.45. The molecule has 0 aliphatic heterocycles. The second-order valence-electron chi connectivity index (χ2n) is 6.71. The molecule has 2 rings (SSSR count). The summed E-state index contributed by atoms with van der Waals surface area (Å²) < 4.78 is 34.0. The highest BCUT2D eigenvalue weighted by atomic mass is 19.3. The number of aliphatic carboxylic acids is 1. The van der Waals surface area contributed by atoms with Gasteiger partial charge in [-0.05, 0) is 37.1 Å². The molecular weight excluding hydrogens is 370 g/mol. The number of nitrogens with zero attached hydrogens (tertiary/aromatic N) is 3. The SMILES string of the molecule is COCCN(CC[C@H](N)C(=O)O)CC(F)(F)CCc1ccc2cccnc2n1. The summed E-state index contributed by atoms with van der Waals surface area (Å²) in [7, 11) is 1.48. The first-order valence-corrected chi connectivity index (χ1v) is 9.09. The standard InChI is InChI=1S/C19H26F2N4O3/c1-28-12-11-25(10-7-16(22)18(26)27)13-19(20,21)8-6-15-5-4-14-3-2-9-23-17(14)24-15/h2-5,9,16H,6-8,10-13,22H2,1H3,(H,26,27)/t16-/m0/s1. The van der Waals surface area contributed by atoms with Crippen molar-refractivity contribution in [2.24, 2.45) is 5.73 Å². The molecule has 0 bridgehead atoms. The number of hydrogen-bond acceptors (Lipinski definition) is 6. The van der Waals surface area contributed by atoms with E-state index in [-0.39, 0.29) is 39.0 Å². The van der Waals surface area contributed by atoms with Crippen LogP contribution in [0, 0.1) is 0 Å². The molecule has 0 aromatic carbocycles. The Labute approximate surface area is 162 Å². The lowest BCUT2D eigenvalue weighted by molar-refractivity contribution is -0.138. The molecule has 9 heteroatoms. The van der Waals surface area contributed by atoms with Gasteiger partial charge in [-0.2, -0.15) is 0 Å². The van der Waals surface area contributed by atoms with Crippen molar-refractivity contribution < 1.29 is 23.4 Å². The Morgan fingerprint density at radius 2 is 2.14 bits per heavy atom. The highest BCUT2D eigenvalue weighted by Gasteiger charge is 2.31. The molecule has 0 saturated heterocycles. The maximum atomic E-state index is 14.5. The van der Waals surface area contributed by atoms with Gasteiger partial charge in [0.1, 0.15) is 6.04 Å². The number of hydrogen-bond donors (Lipinski definition) is 2. The lowest BCUT2D eigenvalue weighted by Gasteiger charge is -2.27. The third-order valence-corrected chi connectivity index (χ3v) is 4.41. The van der Waals surface area contributed by atoms with E-state index in [0.29, 0.717) is 11.3 Å². The van der Waals surface area contributed by atoms with E-state index < -0.39 is 24.5 Å². The Kier molecular flexibility index (Phi) is 8.16. The molecule has 7 nitrogen and oxygen atoms in total. The van der Waals surface area contributed by atoms with Gasteiger partial charge in [-0.15, -0.1) is 0 Å². The number of halogens is 2. The fourth-order valence-electron chi connectivity index (χ4n) is 2.78. The maximum absolute atomic E-state index is 14.5. The van der Waals surface area contributed by atoms with E-state index in [4.69, 9.17) is 15.6 Å². The van der Waals surface area contributed by atoms with Gasteiger partial charge in [0.2, 0.25) is 0 Å². The minimum atomic E-state index is -2.96. The Balaban J connectivity index is 1.94. The molecular formula is C19H26F2N4O3. The molecule has 0 fully saturated rings. The van der Waals surface area contributed by atoms with Crippen LogP contribution in [0.2, 0.25) is 0 Å². The van der Waals surface area contributed by atoms with Gasteiger partial charge >= 0.3 is 5.97 Å². The average Bonchev–Trinajstić information content (AvgIpc) is 2.67. The van der Waals surface area contributed by atoms with Gasteiger partial charge < -0.3 is 15.6 Å². The number of rotatable bonds is 12. The number of fused-ring (bicyclic) bond motifs is 1. The molecule has 0 spiro atoms. The second kappa shape index (κ2) is 10.4. The van der Waals surface area contributed by atoms with Crippen LogP contribution in [0.5, 0.6) is 0 Å². The molecule has 3 N–H and O–H groups in total. The molecule has 1 atom stereocenters. The number of nitrogens with two attached hydrogens (primary N) is 1. The zero-order valence-electron chi connectivity index (χ0n) is 15.9. The molecule has 2 aromatic heterocycles. The predicted molar refractivity (Wildman–Crippen MR) is 101 cm³/mol. The third-order valence-electron chi connectivity index (χ3n) is 4.41. The van der Waals surface area contributed by atoms with Crippen LogP contribution in [0.4, 0.5) is 8.78 Å². The normalized spacial score (nSPS) is 13.2. The molecule has 0 unspecified atom stereocenters. The van der Waals surface area contributed by atoms with E-state index in [0.717, 1.165) is 5.39 Å². The minimum absolute atomic E-state index is 0.0903. The van der Waals surface area contributed by atoms with Crippen LogP contribution >= 0.6 is 0 Å². The number of ether oxygens (including phenoxy) is 1. The fourth-order valence-corrected chi connectivity index (χ4v) is 2.78. The third kappa shape index (κ3) is 7.06. The predicted octanol–water partition coefficient (Wildman–Crippen LogP) is 1.95. The Hall–Kier alpha value is -2.23. The van der Waals surface area contributed by atoms with E-state index in [1.807, 2.05) is 12.1 Å². The highest BCUT2D eigenvalue weighted by molar-refractivity contribution is 5.74. The van der Waals surface area contributed by atoms with Crippen LogP contribution in [-0.2, 0) is 16.0 Å². The smallest absolute Gasteiger partial charge is 0.320 e. The summed E-state index contributed by atoms with van der Waals surface area (Å²) in [6, 6.07) is 6.13. The molecule has 0 aliphatic rings. The van der Waals surface area contributed by atoms with Gasteiger partial charge in [-0.3, -0.25) is 9.69 Å². The molecule has 2 aromatic rings. The summed E-state index contributed by atoms with van der Waals surface area (Å²) in [4.78, 5) is 20.8. The van der Waals surface area contributed by atoms with E-state index in [1.165, 1.54) is 12.0 Å². The Morgan fingerprint density at radius 1 is 1.36 bits per heavy atom. The molecule has 28 heavy (non-hydrogen) atoms. The second-order valence-corrected chi connectivity index (χ2v) is 6.71. The molecule has 154 valence electrons. The van der Waals surface area contributed by atoms with E-state index >= 15 is 0 Å². The molecule has 0 aliphatic carbocycles. The maximum Gasteiger partial charge on any atom is 0.320 e. The first-order valence-electron chi connectivity index (χ1n) is 9.09. The van der Waals surface area contributed by atoms with Gasteiger partial charge in [0.05, 0.1) is 13.2 Å². The van der Waals surface area contributed by atoms with Crippen molar-refractivity contribution in [3.63, 3.8) is 0 Å². The van der Waals surface area contributed by atoms with Crippen LogP contribution in [0.1, 0.15) is 18.5 Å². The average molecular weight is 396 g/mol. The van der Waals surface area contributed by atoms with E-state index in [1.54, 1.807) is 18.3 Å². The minimum Gasteiger partial charge on any atom is -0.480 e. The van der Waals surface area contributed by atoms with Gasteiger partial charge in [-0.1, -0.05) is 0 Å². The lowest BCUT2D eigenvalue weighted by atomic mass is 10.1. The Morgan fingerprint density at radius 3 is 2.86 bits per heavy atom. The van der Waals surface area contributed by atoms with Crippen molar-refractivity contribution in [1.29, 1.82) is 0 Å². The number of aromatic nitrogens is 2. The van der Waals surface area contributed by atoms with Crippen LogP contribution in [0.15, 0.2) is 30.5 Å². The van der Waals surface area contributed by atoms with Gasteiger partial charge in [0, 0.05) is 43.9 Å². The van der Waals surface area contributed by atoms with Crippen LogP contribution < -0.4 is 5.73 Å².